The molecule has 1 aliphatic rings. The third-order valence-corrected chi connectivity index (χ3v) is 5.51. The summed E-state index contributed by atoms with van der Waals surface area (Å²) in [6, 6.07) is 7.26. The van der Waals surface area contributed by atoms with E-state index in [2.05, 4.69) is 29.2 Å². The van der Waals surface area contributed by atoms with Gasteiger partial charge >= 0.3 is 5.69 Å². The zero-order chi connectivity index (χ0) is 22.5. The van der Waals surface area contributed by atoms with Gasteiger partial charge in [0, 0.05) is 31.7 Å². The van der Waals surface area contributed by atoms with Gasteiger partial charge in [0.2, 0.25) is 0 Å². The van der Waals surface area contributed by atoms with Crippen LogP contribution in [0, 0.1) is 24.0 Å². The number of carbonyl (C=O) groups excluding carboxylic acids is 1. The second kappa shape index (κ2) is 10.0. The maximum absolute atomic E-state index is 12.4. The molecule has 9 heteroatoms. The van der Waals surface area contributed by atoms with Crippen LogP contribution in [0.25, 0.3) is 0 Å². The van der Waals surface area contributed by atoms with E-state index in [1.165, 1.54) is 0 Å². The molecule has 0 saturated carbocycles. The van der Waals surface area contributed by atoms with Gasteiger partial charge in [0.05, 0.1) is 23.7 Å². The molecule has 0 spiro atoms. The summed E-state index contributed by atoms with van der Waals surface area (Å²) in [5.74, 6) is -0.1000. The van der Waals surface area contributed by atoms with Gasteiger partial charge in [0.25, 0.3) is 5.91 Å². The number of morpholine rings is 1. The molecule has 9 nitrogen and oxygen atoms in total. The van der Waals surface area contributed by atoms with Crippen LogP contribution in [0.4, 0.5) is 5.69 Å². The monoisotopic (exact) mass is 429 g/mol. The fourth-order valence-electron chi connectivity index (χ4n) is 4.11. The first-order valence-electron chi connectivity index (χ1n) is 10.7. The minimum absolute atomic E-state index is 0.0528. The van der Waals surface area contributed by atoms with Gasteiger partial charge in [-0.3, -0.25) is 24.5 Å². The summed E-state index contributed by atoms with van der Waals surface area (Å²) in [4.78, 5) is 25.5. The lowest BCUT2D eigenvalue weighted by atomic mass is 10.1. The van der Waals surface area contributed by atoms with E-state index in [0.29, 0.717) is 30.0 Å². The highest BCUT2D eigenvalue weighted by Gasteiger charge is 2.22. The number of aryl methyl sites for hydroxylation is 1. The predicted molar refractivity (Wildman–Crippen MR) is 117 cm³/mol. The normalized spacial score (nSPS) is 19.4. The second-order valence-electron chi connectivity index (χ2n) is 8.26. The van der Waals surface area contributed by atoms with E-state index in [0.717, 1.165) is 31.6 Å². The summed E-state index contributed by atoms with van der Waals surface area (Å²) in [5.41, 5.74) is 2.49. The average Bonchev–Trinajstić information content (AvgIpc) is 2.98. The van der Waals surface area contributed by atoms with Gasteiger partial charge in [-0.15, -0.1) is 0 Å². The number of nitrogens with one attached hydrogen (secondary N) is 1. The van der Waals surface area contributed by atoms with Gasteiger partial charge < -0.3 is 10.1 Å². The van der Waals surface area contributed by atoms with Crippen LogP contribution in [-0.2, 0) is 11.3 Å². The Hall–Kier alpha value is -2.78. The topological polar surface area (TPSA) is 103 Å². The number of carbonyl (C=O) groups is 1. The molecule has 2 aromatic rings. The minimum atomic E-state index is -0.401. The molecule has 1 amide bonds. The smallest absolute Gasteiger partial charge is 0.312 e. The molecular weight excluding hydrogens is 398 g/mol. The van der Waals surface area contributed by atoms with E-state index >= 15 is 0 Å². The van der Waals surface area contributed by atoms with Crippen molar-refractivity contribution in [3.8, 4) is 0 Å². The van der Waals surface area contributed by atoms with Crippen LogP contribution in [0.15, 0.2) is 24.3 Å². The van der Waals surface area contributed by atoms with Crippen molar-refractivity contribution in [1.29, 1.82) is 0 Å². The molecule has 1 aromatic carbocycles. The number of amides is 1. The maximum Gasteiger partial charge on any atom is 0.312 e. The summed E-state index contributed by atoms with van der Waals surface area (Å²) >= 11 is 0. The molecule has 31 heavy (non-hydrogen) atoms. The zero-order valence-corrected chi connectivity index (χ0v) is 18.6. The van der Waals surface area contributed by atoms with E-state index in [9.17, 15) is 14.9 Å². The standard InChI is InChI=1S/C22H31N5O4/c1-15-12-25(13-16(2)31-15)11-5-10-23-22(28)20-8-6-19(7-9-20)14-26-18(4)21(27(29)30)17(3)24-26/h6-9,15-16H,5,10-14H2,1-4H3,(H,23,28)/t15-,16-/m1/s1. The van der Waals surface area contributed by atoms with Crippen molar-refractivity contribution in [1.82, 2.24) is 20.0 Å². The van der Waals surface area contributed by atoms with Gasteiger partial charge in [-0.05, 0) is 51.8 Å². The first-order chi connectivity index (χ1) is 14.7. The molecule has 0 aliphatic carbocycles. The highest BCUT2D eigenvalue weighted by atomic mass is 16.6. The highest BCUT2D eigenvalue weighted by molar-refractivity contribution is 5.94. The van der Waals surface area contributed by atoms with Gasteiger partial charge in [-0.25, -0.2) is 0 Å². The molecule has 3 rings (SSSR count). The Morgan fingerprint density at radius 3 is 2.45 bits per heavy atom. The summed E-state index contributed by atoms with van der Waals surface area (Å²) in [6.07, 6.45) is 1.38. The van der Waals surface area contributed by atoms with Crippen molar-refractivity contribution < 1.29 is 14.5 Å². The maximum atomic E-state index is 12.4. The molecule has 168 valence electrons. The largest absolute Gasteiger partial charge is 0.373 e. The highest BCUT2D eigenvalue weighted by Crippen LogP contribution is 2.22. The molecule has 2 heterocycles. The molecule has 0 radical (unpaired) electrons. The Kier molecular flexibility index (Phi) is 7.40. The number of hydrogen-bond donors (Lipinski definition) is 1. The van der Waals surface area contributed by atoms with Crippen molar-refractivity contribution >= 4 is 11.6 Å². The van der Waals surface area contributed by atoms with E-state index in [-0.39, 0.29) is 23.8 Å². The van der Waals surface area contributed by atoms with Gasteiger partial charge in [0.15, 0.2) is 0 Å². The van der Waals surface area contributed by atoms with Crippen molar-refractivity contribution in [2.45, 2.75) is 52.9 Å². The first-order valence-corrected chi connectivity index (χ1v) is 10.7. The summed E-state index contributed by atoms with van der Waals surface area (Å²) in [5, 5.41) is 18.4. The van der Waals surface area contributed by atoms with Crippen LogP contribution >= 0.6 is 0 Å². The lowest BCUT2D eigenvalue weighted by Gasteiger charge is -2.35. The van der Waals surface area contributed by atoms with Crippen LogP contribution in [-0.4, -0.2) is 63.9 Å². The predicted octanol–water partition coefficient (Wildman–Crippen LogP) is 2.69. The van der Waals surface area contributed by atoms with Crippen LogP contribution in [0.1, 0.15) is 47.6 Å². The SMILES string of the molecule is Cc1nn(Cc2ccc(C(=O)NCCCN3C[C@@H](C)O[C@H](C)C3)cc2)c(C)c1[N+](=O)[O-]. The third-order valence-electron chi connectivity index (χ3n) is 5.51. The lowest BCUT2D eigenvalue weighted by Crippen LogP contribution is -2.46. The fraction of sp³-hybridized carbons (Fsp3) is 0.545. The van der Waals surface area contributed by atoms with E-state index in [1.54, 1.807) is 30.7 Å². The fourth-order valence-corrected chi connectivity index (χ4v) is 4.11. The van der Waals surface area contributed by atoms with Crippen LogP contribution in [0.5, 0.6) is 0 Å². The molecule has 1 saturated heterocycles. The molecular formula is C22H31N5O4. The van der Waals surface area contributed by atoms with Crippen LogP contribution in [0.2, 0.25) is 0 Å². The Balaban J connectivity index is 1.48. The molecule has 2 atom stereocenters. The summed E-state index contributed by atoms with van der Waals surface area (Å²) in [6.45, 7) is 11.3. The van der Waals surface area contributed by atoms with Crippen molar-refractivity contribution in [2.75, 3.05) is 26.2 Å². The number of rotatable bonds is 8. The number of benzene rings is 1. The van der Waals surface area contributed by atoms with E-state index < -0.39 is 4.92 Å². The van der Waals surface area contributed by atoms with Gasteiger partial charge in [-0.1, -0.05) is 12.1 Å². The summed E-state index contributed by atoms with van der Waals surface area (Å²) < 4.78 is 7.36. The third kappa shape index (κ3) is 5.89. The first kappa shape index (κ1) is 22.9. The molecule has 0 bridgehead atoms. The Labute approximate surface area is 182 Å². The van der Waals surface area contributed by atoms with Crippen LogP contribution < -0.4 is 5.32 Å². The van der Waals surface area contributed by atoms with Crippen molar-refractivity contribution in [2.24, 2.45) is 0 Å². The molecule has 1 aliphatic heterocycles. The number of ether oxygens (including phenoxy) is 1. The molecule has 0 unspecified atom stereocenters. The Morgan fingerprint density at radius 2 is 1.87 bits per heavy atom. The van der Waals surface area contributed by atoms with Crippen LogP contribution in [0.3, 0.4) is 0 Å². The number of nitro groups is 1. The molecule has 1 N–H and O–H groups in total. The number of hydrogen-bond acceptors (Lipinski definition) is 6. The zero-order valence-electron chi connectivity index (χ0n) is 18.6. The number of aromatic nitrogens is 2. The second-order valence-corrected chi connectivity index (χ2v) is 8.26. The van der Waals surface area contributed by atoms with E-state index in [1.807, 2.05) is 12.1 Å². The van der Waals surface area contributed by atoms with Crippen molar-refractivity contribution in [3.63, 3.8) is 0 Å². The minimum Gasteiger partial charge on any atom is -0.373 e. The summed E-state index contributed by atoms with van der Waals surface area (Å²) in [7, 11) is 0. The van der Waals surface area contributed by atoms with Gasteiger partial charge in [0.1, 0.15) is 11.4 Å². The quantitative estimate of drug-likeness (QED) is 0.393. The number of nitrogens with zero attached hydrogens (tertiary/aromatic N) is 4. The van der Waals surface area contributed by atoms with E-state index in [4.69, 9.17) is 4.74 Å². The Morgan fingerprint density at radius 1 is 1.23 bits per heavy atom. The average molecular weight is 430 g/mol. The lowest BCUT2D eigenvalue weighted by molar-refractivity contribution is -0.386. The molecule has 1 aromatic heterocycles. The molecule has 1 fully saturated rings. The Bertz CT molecular complexity index is 915. The van der Waals surface area contributed by atoms with Crippen molar-refractivity contribution in [3.05, 3.63) is 56.9 Å². The van der Waals surface area contributed by atoms with Gasteiger partial charge in [-0.2, -0.15) is 5.10 Å².